The average molecular weight is 401 g/mol. The molecule has 0 aliphatic carbocycles. The number of rotatable bonds is 4. The van der Waals surface area contributed by atoms with Gasteiger partial charge >= 0.3 is 0 Å². The van der Waals surface area contributed by atoms with Crippen LogP contribution < -0.4 is 4.74 Å². The molecule has 0 aromatic carbocycles. The minimum atomic E-state index is -3.59. The number of pyridine rings is 1. The van der Waals surface area contributed by atoms with Crippen molar-refractivity contribution in [3.63, 3.8) is 0 Å². The van der Waals surface area contributed by atoms with Gasteiger partial charge in [-0.1, -0.05) is 0 Å². The van der Waals surface area contributed by atoms with Crippen LogP contribution in [0.5, 0.6) is 5.88 Å². The molecule has 1 aliphatic rings. The standard InChI is InChI=1S/C14H17BrN4O3S/c1-10-17-13(9-18(10)2)23(20,21)19-7-5-11(8-19)22-14-12(15)4-3-6-16-14/h3-4,6,9,11H,5,7-8H2,1-2H3/t11-/m0/s1. The molecule has 0 N–H and O–H groups in total. The Balaban J connectivity index is 1.73. The lowest BCUT2D eigenvalue weighted by Crippen LogP contribution is -2.31. The molecule has 3 heterocycles. The Bertz CT molecular complexity index is 802. The van der Waals surface area contributed by atoms with Crippen molar-refractivity contribution in [2.45, 2.75) is 24.5 Å². The summed E-state index contributed by atoms with van der Waals surface area (Å²) < 4.78 is 34.9. The van der Waals surface area contributed by atoms with Crippen LogP contribution in [0.1, 0.15) is 12.2 Å². The van der Waals surface area contributed by atoms with E-state index in [1.54, 1.807) is 30.8 Å². The van der Waals surface area contributed by atoms with E-state index in [0.29, 0.717) is 31.2 Å². The molecule has 1 saturated heterocycles. The molecule has 0 spiro atoms. The minimum Gasteiger partial charge on any atom is -0.472 e. The van der Waals surface area contributed by atoms with Gasteiger partial charge in [0.25, 0.3) is 10.0 Å². The van der Waals surface area contributed by atoms with Gasteiger partial charge in [-0.15, -0.1) is 0 Å². The van der Waals surface area contributed by atoms with Crippen molar-refractivity contribution < 1.29 is 13.2 Å². The van der Waals surface area contributed by atoms with Crippen molar-refractivity contribution in [1.29, 1.82) is 0 Å². The molecule has 2 aromatic rings. The number of halogens is 1. The van der Waals surface area contributed by atoms with E-state index in [0.717, 1.165) is 4.47 Å². The summed E-state index contributed by atoms with van der Waals surface area (Å²) in [7, 11) is -1.81. The summed E-state index contributed by atoms with van der Waals surface area (Å²) in [6.07, 6.45) is 3.57. The largest absolute Gasteiger partial charge is 0.472 e. The Kier molecular flexibility index (Phi) is 4.43. The average Bonchev–Trinajstić information content (AvgIpc) is 3.10. The molecule has 9 heteroatoms. The van der Waals surface area contributed by atoms with E-state index >= 15 is 0 Å². The van der Waals surface area contributed by atoms with Crippen molar-refractivity contribution >= 4 is 26.0 Å². The van der Waals surface area contributed by atoms with Crippen LogP contribution in [-0.4, -0.2) is 46.5 Å². The quantitative estimate of drug-likeness (QED) is 0.780. The molecule has 0 unspecified atom stereocenters. The molecular formula is C14H17BrN4O3S. The highest BCUT2D eigenvalue weighted by atomic mass is 79.9. The second-order valence-electron chi connectivity index (χ2n) is 5.42. The molecule has 0 amide bonds. The van der Waals surface area contributed by atoms with E-state index in [9.17, 15) is 8.42 Å². The highest BCUT2D eigenvalue weighted by Gasteiger charge is 2.35. The molecule has 1 atom stereocenters. The van der Waals surface area contributed by atoms with Crippen molar-refractivity contribution in [1.82, 2.24) is 18.8 Å². The second-order valence-corrected chi connectivity index (χ2v) is 8.16. The molecule has 23 heavy (non-hydrogen) atoms. The third-order valence-electron chi connectivity index (χ3n) is 3.80. The molecule has 124 valence electrons. The smallest absolute Gasteiger partial charge is 0.262 e. The summed E-state index contributed by atoms with van der Waals surface area (Å²) in [5.74, 6) is 1.14. The highest BCUT2D eigenvalue weighted by molar-refractivity contribution is 9.10. The first-order valence-corrected chi connectivity index (χ1v) is 9.38. The SMILES string of the molecule is Cc1nc(S(=O)(=O)N2CC[C@H](Oc3ncccc3Br)C2)cn1C. The molecule has 1 fully saturated rings. The van der Waals surface area contributed by atoms with Crippen molar-refractivity contribution in [3.05, 3.63) is 34.8 Å². The second kappa shape index (κ2) is 6.21. The number of aromatic nitrogens is 3. The summed E-state index contributed by atoms with van der Waals surface area (Å²) in [6.45, 7) is 2.47. The van der Waals surface area contributed by atoms with Crippen LogP contribution in [0.25, 0.3) is 0 Å². The first kappa shape index (κ1) is 16.4. The van der Waals surface area contributed by atoms with Crippen molar-refractivity contribution in [2.75, 3.05) is 13.1 Å². The number of imidazole rings is 1. The molecule has 0 saturated carbocycles. The van der Waals surface area contributed by atoms with Crippen LogP contribution in [-0.2, 0) is 17.1 Å². The normalized spacial score (nSPS) is 19.2. The van der Waals surface area contributed by atoms with Gasteiger partial charge in [0.2, 0.25) is 5.88 Å². The summed E-state index contributed by atoms with van der Waals surface area (Å²) in [5.41, 5.74) is 0. The third-order valence-corrected chi connectivity index (χ3v) is 6.14. The van der Waals surface area contributed by atoms with Gasteiger partial charge in [-0.25, -0.2) is 18.4 Å². The van der Waals surface area contributed by atoms with Gasteiger partial charge in [0.05, 0.1) is 11.0 Å². The Labute approximate surface area is 143 Å². The van der Waals surface area contributed by atoms with E-state index in [1.807, 2.05) is 6.07 Å². The summed E-state index contributed by atoms with van der Waals surface area (Å²) >= 11 is 3.37. The molecule has 7 nitrogen and oxygen atoms in total. The Morgan fingerprint density at radius 1 is 1.43 bits per heavy atom. The topological polar surface area (TPSA) is 77.3 Å². The number of sulfonamides is 1. The van der Waals surface area contributed by atoms with Crippen LogP contribution >= 0.6 is 15.9 Å². The predicted octanol–water partition coefficient (Wildman–Crippen LogP) is 1.73. The minimum absolute atomic E-state index is 0.0807. The van der Waals surface area contributed by atoms with Gasteiger partial charge in [-0.2, -0.15) is 4.31 Å². The number of nitrogens with zero attached hydrogens (tertiary/aromatic N) is 4. The van der Waals surface area contributed by atoms with E-state index in [2.05, 4.69) is 25.9 Å². The lowest BCUT2D eigenvalue weighted by Gasteiger charge is -2.16. The fourth-order valence-corrected chi connectivity index (χ4v) is 4.27. The number of ether oxygens (including phenoxy) is 1. The zero-order valence-electron chi connectivity index (χ0n) is 12.8. The van der Waals surface area contributed by atoms with Gasteiger partial charge in [-0.3, -0.25) is 0 Å². The van der Waals surface area contributed by atoms with Crippen LogP contribution in [0.4, 0.5) is 0 Å². The van der Waals surface area contributed by atoms with E-state index in [-0.39, 0.29) is 11.1 Å². The molecular weight excluding hydrogens is 384 g/mol. The summed E-state index contributed by atoms with van der Waals surface area (Å²) in [4.78, 5) is 8.27. The highest BCUT2D eigenvalue weighted by Crippen LogP contribution is 2.26. The first-order valence-electron chi connectivity index (χ1n) is 7.15. The van der Waals surface area contributed by atoms with Crippen LogP contribution in [0, 0.1) is 6.92 Å². The monoisotopic (exact) mass is 400 g/mol. The fraction of sp³-hybridized carbons (Fsp3) is 0.429. The molecule has 1 aliphatic heterocycles. The lowest BCUT2D eigenvalue weighted by molar-refractivity contribution is 0.205. The van der Waals surface area contributed by atoms with E-state index < -0.39 is 10.0 Å². The Hall–Kier alpha value is -1.45. The van der Waals surface area contributed by atoms with Gasteiger partial charge in [0.15, 0.2) is 5.03 Å². The van der Waals surface area contributed by atoms with Crippen molar-refractivity contribution in [2.24, 2.45) is 7.05 Å². The van der Waals surface area contributed by atoms with Crippen LogP contribution in [0.3, 0.4) is 0 Å². The van der Waals surface area contributed by atoms with Gasteiger partial charge in [0.1, 0.15) is 11.9 Å². The first-order chi connectivity index (χ1) is 10.9. The van der Waals surface area contributed by atoms with Crippen LogP contribution in [0.2, 0.25) is 0 Å². The summed E-state index contributed by atoms with van der Waals surface area (Å²) in [5, 5.41) is 0.0807. The molecule has 3 rings (SSSR count). The Morgan fingerprint density at radius 3 is 2.87 bits per heavy atom. The lowest BCUT2D eigenvalue weighted by atomic mass is 10.3. The number of hydrogen-bond acceptors (Lipinski definition) is 5. The fourth-order valence-electron chi connectivity index (χ4n) is 2.41. The zero-order valence-corrected chi connectivity index (χ0v) is 15.2. The number of aryl methyl sites for hydroxylation is 2. The van der Waals surface area contributed by atoms with Gasteiger partial charge in [0, 0.05) is 26.0 Å². The van der Waals surface area contributed by atoms with E-state index in [1.165, 1.54) is 10.5 Å². The maximum atomic E-state index is 12.6. The maximum absolute atomic E-state index is 12.6. The Morgan fingerprint density at radius 2 is 2.22 bits per heavy atom. The maximum Gasteiger partial charge on any atom is 0.262 e. The van der Waals surface area contributed by atoms with E-state index in [4.69, 9.17) is 4.74 Å². The van der Waals surface area contributed by atoms with Gasteiger partial charge < -0.3 is 9.30 Å². The third kappa shape index (κ3) is 3.26. The molecule has 0 radical (unpaired) electrons. The number of hydrogen-bond donors (Lipinski definition) is 0. The van der Waals surface area contributed by atoms with Gasteiger partial charge in [-0.05, 0) is 41.4 Å². The molecule has 2 aromatic heterocycles. The summed E-state index contributed by atoms with van der Waals surface area (Å²) in [6, 6.07) is 3.63. The van der Waals surface area contributed by atoms with Crippen LogP contribution in [0.15, 0.2) is 34.0 Å². The predicted molar refractivity (Wildman–Crippen MR) is 87.7 cm³/mol. The zero-order chi connectivity index (χ0) is 16.6. The van der Waals surface area contributed by atoms with Crippen molar-refractivity contribution in [3.8, 4) is 5.88 Å². The molecule has 0 bridgehead atoms.